The molecule has 1 aliphatic heterocycles. The summed E-state index contributed by atoms with van der Waals surface area (Å²) in [6.45, 7) is 3.22. The molecule has 1 amide bonds. The standard InChI is InChI=1S/C18H18N4O2S/c1-12-6-7-16(21-20-12)24-13-8-10-22(11-9-13)18(23)17-19-14-4-2-3-5-15(14)25-17/h2-7,13H,8-11H2,1H3. The first-order chi connectivity index (χ1) is 12.2. The van der Waals surface area contributed by atoms with Gasteiger partial charge >= 0.3 is 0 Å². The number of thiazole rings is 1. The molecular formula is C18H18N4O2S. The molecule has 2 aromatic heterocycles. The average molecular weight is 354 g/mol. The van der Waals surface area contributed by atoms with Crippen LogP contribution in [0.1, 0.15) is 28.3 Å². The van der Waals surface area contributed by atoms with Crippen molar-refractivity contribution in [2.24, 2.45) is 0 Å². The molecule has 0 bridgehead atoms. The maximum atomic E-state index is 12.7. The van der Waals surface area contributed by atoms with Gasteiger partial charge in [-0.15, -0.1) is 16.4 Å². The minimum atomic E-state index is 0.00905. The minimum Gasteiger partial charge on any atom is -0.473 e. The second kappa shape index (κ2) is 6.76. The quantitative estimate of drug-likeness (QED) is 0.723. The van der Waals surface area contributed by atoms with E-state index in [4.69, 9.17) is 4.74 Å². The van der Waals surface area contributed by atoms with E-state index < -0.39 is 0 Å². The minimum absolute atomic E-state index is 0.00905. The van der Waals surface area contributed by atoms with E-state index in [0.29, 0.717) is 24.0 Å². The van der Waals surface area contributed by atoms with E-state index in [9.17, 15) is 4.79 Å². The van der Waals surface area contributed by atoms with Gasteiger partial charge in [0, 0.05) is 32.0 Å². The van der Waals surface area contributed by atoms with Gasteiger partial charge in [-0.05, 0) is 25.1 Å². The van der Waals surface area contributed by atoms with Crippen LogP contribution in [-0.2, 0) is 0 Å². The molecule has 1 aromatic carbocycles. The summed E-state index contributed by atoms with van der Waals surface area (Å²) in [6, 6.07) is 11.5. The first-order valence-electron chi connectivity index (χ1n) is 8.31. The van der Waals surface area contributed by atoms with E-state index >= 15 is 0 Å². The largest absolute Gasteiger partial charge is 0.473 e. The average Bonchev–Trinajstić information content (AvgIpc) is 3.08. The maximum Gasteiger partial charge on any atom is 0.282 e. The third-order valence-electron chi connectivity index (χ3n) is 4.27. The van der Waals surface area contributed by atoms with Gasteiger partial charge in [-0.2, -0.15) is 5.10 Å². The number of hydrogen-bond acceptors (Lipinski definition) is 6. The van der Waals surface area contributed by atoms with Crippen molar-refractivity contribution in [3.05, 3.63) is 47.1 Å². The van der Waals surface area contributed by atoms with E-state index in [1.807, 2.05) is 48.2 Å². The van der Waals surface area contributed by atoms with Crippen LogP contribution in [0.4, 0.5) is 0 Å². The van der Waals surface area contributed by atoms with Gasteiger partial charge in [0.1, 0.15) is 6.10 Å². The topological polar surface area (TPSA) is 68.2 Å². The van der Waals surface area contributed by atoms with Crippen molar-refractivity contribution in [1.82, 2.24) is 20.1 Å². The van der Waals surface area contributed by atoms with Crippen molar-refractivity contribution < 1.29 is 9.53 Å². The number of aryl methyl sites for hydroxylation is 1. The molecule has 0 unspecified atom stereocenters. The van der Waals surface area contributed by atoms with E-state index in [2.05, 4.69) is 15.2 Å². The lowest BCUT2D eigenvalue weighted by atomic mass is 10.1. The van der Waals surface area contributed by atoms with Crippen LogP contribution in [0.2, 0.25) is 0 Å². The van der Waals surface area contributed by atoms with Gasteiger partial charge in [0.25, 0.3) is 5.91 Å². The van der Waals surface area contributed by atoms with E-state index in [1.165, 1.54) is 11.3 Å². The van der Waals surface area contributed by atoms with Crippen LogP contribution < -0.4 is 4.74 Å². The Morgan fingerprint density at radius 2 is 1.96 bits per heavy atom. The highest BCUT2D eigenvalue weighted by Gasteiger charge is 2.26. The fourth-order valence-electron chi connectivity index (χ4n) is 2.90. The van der Waals surface area contributed by atoms with E-state index in [-0.39, 0.29) is 12.0 Å². The fraction of sp³-hybridized carbons (Fsp3) is 0.333. The predicted octanol–water partition coefficient (Wildman–Crippen LogP) is 3.08. The Morgan fingerprint density at radius 3 is 2.68 bits per heavy atom. The van der Waals surface area contributed by atoms with Crippen LogP contribution >= 0.6 is 11.3 Å². The Bertz CT molecular complexity index is 852. The highest BCUT2D eigenvalue weighted by atomic mass is 32.1. The first kappa shape index (κ1) is 16.0. The van der Waals surface area contributed by atoms with Crippen molar-refractivity contribution in [3.63, 3.8) is 0 Å². The van der Waals surface area contributed by atoms with Crippen molar-refractivity contribution in [2.75, 3.05) is 13.1 Å². The first-order valence-corrected chi connectivity index (χ1v) is 9.12. The van der Waals surface area contributed by atoms with Crippen molar-refractivity contribution in [2.45, 2.75) is 25.9 Å². The number of fused-ring (bicyclic) bond motifs is 1. The van der Waals surface area contributed by atoms with E-state index in [1.54, 1.807) is 0 Å². The molecule has 1 aliphatic rings. The molecule has 7 heteroatoms. The fourth-order valence-corrected chi connectivity index (χ4v) is 3.83. The summed E-state index contributed by atoms with van der Waals surface area (Å²) in [5.74, 6) is 0.552. The number of amides is 1. The molecule has 25 heavy (non-hydrogen) atoms. The lowest BCUT2D eigenvalue weighted by Gasteiger charge is -2.31. The molecule has 3 heterocycles. The Kier molecular flexibility index (Phi) is 4.31. The molecule has 4 rings (SSSR count). The number of piperidine rings is 1. The molecule has 6 nitrogen and oxygen atoms in total. The molecule has 0 N–H and O–H groups in total. The zero-order valence-corrected chi connectivity index (χ0v) is 14.7. The van der Waals surface area contributed by atoms with Crippen LogP contribution in [-0.4, -0.2) is 45.2 Å². The SMILES string of the molecule is Cc1ccc(OC2CCN(C(=O)c3nc4ccccc4s3)CC2)nn1. The Hall–Kier alpha value is -2.54. The van der Waals surface area contributed by atoms with Gasteiger partial charge in [-0.1, -0.05) is 12.1 Å². The zero-order valence-electron chi connectivity index (χ0n) is 13.9. The van der Waals surface area contributed by atoms with Gasteiger partial charge in [-0.25, -0.2) is 4.98 Å². The third kappa shape index (κ3) is 3.46. The number of carbonyl (C=O) groups is 1. The van der Waals surface area contributed by atoms with Crippen molar-refractivity contribution >= 4 is 27.5 Å². The third-order valence-corrected chi connectivity index (χ3v) is 5.29. The number of para-hydroxylation sites is 1. The van der Waals surface area contributed by atoms with Gasteiger partial charge in [0.05, 0.1) is 15.9 Å². The number of nitrogens with zero attached hydrogens (tertiary/aromatic N) is 4. The summed E-state index contributed by atoms with van der Waals surface area (Å²) < 4.78 is 6.91. The second-order valence-corrected chi connectivity index (χ2v) is 7.14. The zero-order chi connectivity index (χ0) is 17.2. The predicted molar refractivity (Wildman–Crippen MR) is 95.9 cm³/mol. The summed E-state index contributed by atoms with van der Waals surface area (Å²) >= 11 is 1.45. The molecule has 1 fully saturated rings. The smallest absolute Gasteiger partial charge is 0.282 e. The Balaban J connectivity index is 1.37. The second-order valence-electron chi connectivity index (χ2n) is 6.11. The van der Waals surface area contributed by atoms with Crippen LogP contribution in [0.25, 0.3) is 10.2 Å². The van der Waals surface area contributed by atoms with Crippen LogP contribution in [0, 0.1) is 6.92 Å². The highest BCUT2D eigenvalue weighted by Crippen LogP contribution is 2.24. The molecule has 0 atom stereocenters. The molecule has 3 aromatic rings. The lowest BCUT2D eigenvalue weighted by Crippen LogP contribution is -2.41. The van der Waals surface area contributed by atoms with E-state index in [0.717, 1.165) is 28.8 Å². The number of aromatic nitrogens is 3. The van der Waals surface area contributed by atoms with Gasteiger partial charge in [0.2, 0.25) is 5.88 Å². The van der Waals surface area contributed by atoms with Gasteiger partial charge < -0.3 is 9.64 Å². The monoisotopic (exact) mass is 354 g/mol. The van der Waals surface area contributed by atoms with Gasteiger partial charge in [-0.3, -0.25) is 4.79 Å². The molecular weight excluding hydrogens is 336 g/mol. The molecule has 1 saturated heterocycles. The van der Waals surface area contributed by atoms with Crippen molar-refractivity contribution in [3.8, 4) is 5.88 Å². The lowest BCUT2D eigenvalue weighted by molar-refractivity contribution is 0.0586. The number of ether oxygens (including phenoxy) is 1. The summed E-state index contributed by atoms with van der Waals surface area (Å²) in [6.07, 6.45) is 1.63. The number of rotatable bonds is 3. The molecule has 0 spiro atoms. The molecule has 0 aliphatic carbocycles. The molecule has 0 saturated carbocycles. The number of carbonyl (C=O) groups excluding carboxylic acids is 1. The molecule has 128 valence electrons. The van der Waals surface area contributed by atoms with Crippen molar-refractivity contribution in [1.29, 1.82) is 0 Å². The number of benzene rings is 1. The Morgan fingerprint density at radius 1 is 1.16 bits per heavy atom. The number of likely N-dealkylation sites (tertiary alicyclic amines) is 1. The molecule has 0 radical (unpaired) electrons. The summed E-state index contributed by atoms with van der Waals surface area (Å²) in [5, 5.41) is 8.60. The van der Waals surface area contributed by atoms with Crippen LogP contribution in [0.15, 0.2) is 36.4 Å². The normalized spacial score (nSPS) is 15.5. The number of hydrogen-bond donors (Lipinski definition) is 0. The summed E-state index contributed by atoms with van der Waals surface area (Å²) in [5.41, 5.74) is 1.75. The van der Waals surface area contributed by atoms with Gasteiger partial charge in [0.15, 0.2) is 5.01 Å². The highest BCUT2D eigenvalue weighted by molar-refractivity contribution is 7.20. The Labute approximate surface area is 149 Å². The summed E-state index contributed by atoms with van der Waals surface area (Å²) in [4.78, 5) is 19.0. The van der Waals surface area contributed by atoms with Crippen LogP contribution in [0.3, 0.4) is 0 Å². The van der Waals surface area contributed by atoms with Crippen LogP contribution in [0.5, 0.6) is 5.88 Å². The maximum absolute atomic E-state index is 12.7. The summed E-state index contributed by atoms with van der Waals surface area (Å²) in [7, 11) is 0.